The summed E-state index contributed by atoms with van der Waals surface area (Å²) in [6.45, 7) is 8.94. The Hall–Kier alpha value is -1.38. The second-order valence-corrected chi connectivity index (χ2v) is 9.14. The maximum atomic E-state index is 12.1. The Bertz CT molecular complexity index is 821. The highest BCUT2D eigenvalue weighted by atomic mass is 32.2. The summed E-state index contributed by atoms with van der Waals surface area (Å²) in [5.74, 6) is 0.942. The molecule has 0 radical (unpaired) electrons. The van der Waals surface area contributed by atoms with Crippen molar-refractivity contribution < 1.29 is 9.53 Å². The lowest BCUT2D eigenvalue weighted by Crippen LogP contribution is -2.34. The third kappa shape index (κ3) is 3.97. The maximum Gasteiger partial charge on any atom is 0.238 e. The Balaban J connectivity index is 1.98. The van der Waals surface area contributed by atoms with E-state index in [0.29, 0.717) is 29.9 Å². The molecule has 0 aromatic carbocycles. The van der Waals surface area contributed by atoms with E-state index in [4.69, 9.17) is 4.74 Å². The first-order chi connectivity index (χ1) is 12.3. The Labute approximate surface area is 162 Å². The molecule has 3 heterocycles. The van der Waals surface area contributed by atoms with Crippen molar-refractivity contribution in [2.75, 3.05) is 11.7 Å². The number of carbonyl (C=O) groups excluding carboxylic acids is 1. The largest absolute Gasteiger partial charge is 0.369 e. The Morgan fingerprint density at radius 3 is 2.85 bits per heavy atom. The van der Waals surface area contributed by atoms with E-state index in [2.05, 4.69) is 34.7 Å². The molecule has 8 heteroatoms. The molecule has 6 nitrogen and oxygen atoms in total. The molecule has 3 rings (SSSR count). The van der Waals surface area contributed by atoms with Crippen LogP contribution in [0.4, 0.5) is 5.82 Å². The van der Waals surface area contributed by atoms with Crippen molar-refractivity contribution in [3.63, 3.8) is 0 Å². The minimum atomic E-state index is -0.169. The number of nitrogens with one attached hydrogen (secondary N) is 2. The first kappa shape index (κ1) is 19.4. The van der Waals surface area contributed by atoms with E-state index < -0.39 is 0 Å². The molecule has 0 bridgehead atoms. The quantitative estimate of drug-likeness (QED) is 0.436. The van der Waals surface area contributed by atoms with Gasteiger partial charge in [-0.1, -0.05) is 32.5 Å². The van der Waals surface area contributed by atoms with Gasteiger partial charge in [-0.15, -0.1) is 11.3 Å². The first-order valence-electron chi connectivity index (χ1n) is 8.90. The molecule has 0 unspecified atom stereocenters. The van der Waals surface area contributed by atoms with Gasteiger partial charge >= 0.3 is 0 Å². The molecule has 26 heavy (non-hydrogen) atoms. The van der Waals surface area contributed by atoms with E-state index in [0.717, 1.165) is 23.1 Å². The summed E-state index contributed by atoms with van der Waals surface area (Å²) in [7, 11) is 0. The molecule has 0 spiro atoms. The van der Waals surface area contributed by atoms with Crippen molar-refractivity contribution in [2.45, 2.75) is 64.3 Å². The zero-order valence-corrected chi connectivity index (χ0v) is 17.6. The average Bonchev–Trinajstić information content (AvgIpc) is 2.96. The monoisotopic (exact) mass is 394 g/mol. The summed E-state index contributed by atoms with van der Waals surface area (Å²) in [5.41, 5.74) is 6.92. The van der Waals surface area contributed by atoms with Crippen LogP contribution >= 0.6 is 23.1 Å². The van der Waals surface area contributed by atoms with Crippen molar-refractivity contribution in [1.82, 2.24) is 15.4 Å². The van der Waals surface area contributed by atoms with E-state index in [9.17, 15) is 4.79 Å². The van der Waals surface area contributed by atoms with Gasteiger partial charge in [-0.2, -0.15) is 0 Å². The van der Waals surface area contributed by atoms with Gasteiger partial charge in [0, 0.05) is 17.7 Å². The topological polar surface area (TPSA) is 76.1 Å². The normalized spacial score (nSPS) is 19.6. The summed E-state index contributed by atoms with van der Waals surface area (Å²) in [4.78, 5) is 23.5. The number of fused-ring (bicyclic) bond motifs is 3. The number of anilines is 1. The van der Waals surface area contributed by atoms with Crippen LogP contribution in [0.25, 0.3) is 10.2 Å². The van der Waals surface area contributed by atoms with Crippen molar-refractivity contribution in [3.8, 4) is 0 Å². The van der Waals surface area contributed by atoms with Gasteiger partial charge in [-0.3, -0.25) is 15.6 Å². The van der Waals surface area contributed by atoms with Crippen LogP contribution in [0.2, 0.25) is 0 Å². The zero-order valence-electron chi connectivity index (χ0n) is 15.9. The smallest absolute Gasteiger partial charge is 0.238 e. The van der Waals surface area contributed by atoms with Crippen LogP contribution in [0.5, 0.6) is 0 Å². The van der Waals surface area contributed by atoms with Crippen LogP contribution in [0.3, 0.4) is 0 Å². The first-order valence-corrected chi connectivity index (χ1v) is 10.9. The minimum Gasteiger partial charge on any atom is -0.369 e. The molecule has 1 aliphatic heterocycles. The van der Waals surface area contributed by atoms with Gasteiger partial charge in [0.1, 0.15) is 4.83 Å². The highest BCUT2D eigenvalue weighted by Crippen LogP contribution is 2.42. The average molecular weight is 395 g/mol. The number of thiophene rings is 1. The molecule has 0 saturated heterocycles. The van der Waals surface area contributed by atoms with Gasteiger partial charge in [0.2, 0.25) is 5.91 Å². The molecule has 1 aliphatic rings. The Morgan fingerprint density at radius 1 is 1.42 bits per heavy atom. The number of rotatable bonds is 6. The number of amides is 1. The highest BCUT2D eigenvalue weighted by molar-refractivity contribution is 7.98. The molecule has 0 fully saturated rings. The summed E-state index contributed by atoms with van der Waals surface area (Å²) in [5, 5.41) is 1.70. The van der Waals surface area contributed by atoms with Gasteiger partial charge in [-0.05, 0) is 31.1 Å². The van der Waals surface area contributed by atoms with Gasteiger partial charge < -0.3 is 4.74 Å². The minimum absolute atomic E-state index is 0.0386. The molecule has 1 amide bonds. The third-order valence-corrected chi connectivity index (χ3v) is 6.31. The van der Waals surface area contributed by atoms with Crippen LogP contribution in [-0.2, 0) is 22.6 Å². The second-order valence-electron chi connectivity index (χ2n) is 7.28. The van der Waals surface area contributed by atoms with E-state index in [1.807, 2.05) is 20.1 Å². The summed E-state index contributed by atoms with van der Waals surface area (Å²) < 4.78 is 6.08. The van der Waals surface area contributed by atoms with Crippen molar-refractivity contribution in [2.24, 2.45) is 5.92 Å². The lowest BCUT2D eigenvalue weighted by molar-refractivity contribution is -0.121. The molecular weight excluding hydrogens is 368 g/mol. The number of nitrogens with zero attached hydrogens (tertiary/aromatic N) is 2. The molecular formula is C18H26N4O2S2. The van der Waals surface area contributed by atoms with Crippen molar-refractivity contribution in [3.05, 3.63) is 10.4 Å². The van der Waals surface area contributed by atoms with Crippen LogP contribution in [0.1, 0.15) is 51.0 Å². The Kier molecular flexibility index (Phi) is 5.74. The SMILES string of the molecule is CC[C@]1(C)Cc2c(sc3nc(SC)nc(NNC(=O)CC(C)C)c23)CO1. The third-order valence-electron chi connectivity index (χ3n) is 4.66. The zero-order chi connectivity index (χ0) is 18.9. The van der Waals surface area contributed by atoms with E-state index >= 15 is 0 Å². The predicted molar refractivity (Wildman–Crippen MR) is 108 cm³/mol. The summed E-state index contributed by atoms with van der Waals surface area (Å²) >= 11 is 3.15. The predicted octanol–water partition coefficient (Wildman–Crippen LogP) is 4.14. The van der Waals surface area contributed by atoms with E-state index in [-0.39, 0.29) is 11.5 Å². The maximum absolute atomic E-state index is 12.1. The van der Waals surface area contributed by atoms with Gasteiger partial charge in [0.25, 0.3) is 0 Å². The van der Waals surface area contributed by atoms with Crippen LogP contribution < -0.4 is 10.9 Å². The van der Waals surface area contributed by atoms with Crippen molar-refractivity contribution >= 4 is 45.0 Å². The molecule has 2 N–H and O–H groups in total. The number of carbonyl (C=O) groups is 1. The molecule has 2 aromatic rings. The standard InChI is InChI=1S/C18H26N4O2S2/c1-6-18(4)8-11-12(9-24-18)26-16-14(11)15(19-17(20-16)25-5)22-21-13(23)7-10(2)3/h10H,6-9H2,1-5H3,(H,21,23)(H,19,20,22)/t18-/m1/s1. The molecule has 0 saturated carbocycles. The number of hydrogen-bond donors (Lipinski definition) is 2. The number of hydrogen-bond acceptors (Lipinski definition) is 7. The number of aromatic nitrogens is 2. The summed E-state index contributed by atoms with van der Waals surface area (Å²) in [6.07, 6.45) is 4.20. The van der Waals surface area contributed by atoms with Gasteiger partial charge in [0.15, 0.2) is 11.0 Å². The number of ether oxygens (including phenoxy) is 1. The molecule has 2 aromatic heterocycles. The second kappa shape index (κ2) is 7.70. The van der Waals surface area contributed by atoms with Gasteiger partial charge in [0.05, 0.1) is 17.6 Å². The lowest BCUT2D eigenvalue weighted by atomic mass is 9.90. The Morgan fingerprint density at radius 2 is 2.19 bits per heavy atom. The fourth-order valence-electron chi connectivity index (χ4n) is 3.01. The molecule has 1 atom stereocenters. The van der Waals surface area contributed by atoms with Crippen LogP contribution in [0, 0.1) is 5.92 Å². The van der Waals surface area contributed by atoms with Gasteiger partial charge in [-0.25, -0.2) is 9.97 Å². The fourth-order valence-corrected chi connectivity index (χ4v) is 4.54. The highest BCUT2D eigenvalue weighted by Gasteiger charge is 2.33. The lowest BCUT2D eigenvalue weighted by Gasteiger charge is -2.33. The van der Waals surface area contributed by atoms with Crippen LogP contribution in [-0.4, -0.2) is 27.7 Å². The molecule has 0 aliphatic carbocycles. The van der Waals surface area contributed by atoms with E-state index in [1.54, 1.807) is 11.3 Å². The molecule has 142 valence electrons. The van der Waals surface area contributed by atoms with Crippen LogP contribution in [0.15, 0.2) is 5.16 Å². The number of hydrazine groups is 1. The fraction of sp³-hybridized carbons (Fsp3) is 0.611. The number of thioether (sulfide) groups is 1. The summed E-state index contributed by atoms with van der Waals surface area (Å²) in [6, 6.07) is 0. The van der Waals surface area contributed by atoms with E-state index in [1.165, 1.54) is 22.2 Å². The van der Waals surface area contributed by atoms with Crippen molar-refractivity contribution in [1.29, 1.82) is 0 Å².